The predicted octanol–water partition coefficient (Wildman–Crippen LogP) is 3.63. The summed E-state index contributed by atoms with van der Waals surface area (Å²) >= 11 is 6.92. The Kier molecular flexibility index (Phi) is 4.98. The lowest BCUT2D eigenvalue weighted by Gasteiger charge is -2.01. The van der Waals surface area contributed by atoms with Gasteiger partial charge in [-0.25, -0.2) is 4.98 Å². The van der Waals surface area contributed by atoms with Gasteiger partial charge in [0.05, 0.1) is 0 Å². The Morgan fingerprint density at radius 3 is 1.87 bits per heavy atom. The van der Waals surface area contributed by atoms with Crippen molar-refractivity contribution in [2.45, 2.75) is 13.8 Å². The molecule has 1 N–H and O–H groups in total. The molecule has 0 amide bonds. The van der Waals surface area contributed by atoms with Gasteiger partial charge < -0.3 is 0 Å². The third kappa shape index (κ3) is 4.13. The van der Waals surface area contributed by atoms with Crippen LogP contribution in [0.25, 0.3) is 0 Å². The van der Waals surface area contributed by atoms with E-state index in [-0.39, 0.29) is 0 Å². The van der Waals surface area contributed by atoms with Crippen molar-refractivity contribution in [1.82, 2.24) is 15.2 Å². The van der Waals surface area contributed by atoms with Crippen molar-refractivity contribution in [3.8, 4) is 0 Å². The van der Waals surface area contributed by atoms with E-state index in [1.807, 2.05) is 0 Å². The van der Waals surface area contributed by atoms with Crippen LogP contribution in [0.5, 0.6) is 0 Å². The molecule has 2 aromatic rings. The lowest BCUT2D eigenvalue weighted by atomic mass is 10.2. The van der Waals surface area contributed by atoms with Crippen LogP contribution in [-0.4, -0.2) is 15.2 Å². The zero-order valence-electron chi connectivity index (χ0n) is 8.46. The maximum Gasteiger partial charge on any atom is 0.137 e. The standard InChI is InChI=1S/C8H8Br2.C2H3N3/c1-5-3-8(10)6(2)4-7(5)9;1-3-2-5-4-1/h3-4H,1-2H3;1-2H,(H,3,4,5). The molecule has 1 aromatic heterocycles. The minimum atomic E-state index is 1.17. The first-order valence-corrected chi connectivity index (χ1v) is 5.91. The Morgan fingerprint density at radius 2 is 1.60 bits per heavy atom. The van der Waals surface area contributed by atoms with Gasteiger partial charge in [-0.3, -0.25) is 5.10 Å². The van der Waals surface area contributed by atoms with Gasteiger partial charge in [0, 0.05) is 8.95 Å². The molecule has 0 aliphatic rings. The smallest absolute Gasteiger partial charge is 0.137 e. The second-order valence-corrected chi connectivity index (χ2v) is 4.71. The Morgan fingerprint density at radius 1 is 1.07 bits per heavy atom. The molecule has 0 spiro atoms. The maximum atomic E-state index is 3.56. The fourth-order valence-corrected chi connectivity index (χ4v) is 1.83. The first kappa shape index (κ1) is 12.4. The molecule has 0 saturated carbocycles. The Balaban J connectivity index is 0.000000187. The van der Waals surface area contributed by atoms with Crippen LogP contribution in [0.15, 0.2) is 33.7 Å². The zero-order chi connectivity index (χ0) is 11.3. The maximum absolute atomic E-state index is 3.56. The van der Waals surface area contributed by atoms with E-state index in [1.165, 1.54) is 32.7 Å². The molecule has 0 fully saturated rings. The van der Waals surface area contributed by atoms with Gasteiger partial charge in [-0.2, -0.15) is 5.10 Å². The van der Waals surface area contributed by atoms with E-state index in [0.717, 1.165) is 0 Å². The fraction of sp³-hybridized carbons (Fsp3) is 0.200. The number of aromatic nitrogens is 3. The Bertz CT molecular complexity index is 345. The molecule has 0 aliphatic heterocycles. The molecule has 0 saturated heterocycles. The van der Waals surface area contributed by atoms with Gasteiger partial charge in [0.1, 0.15) is 12.7 Å². The molecule has 2 rings (SSSR count). The molecule has 0 bridgehead atoms. The van der Waals surface area contributed by atoms with Crippen molar-refractivity contribution in [2.75, 3.05) is 0 Å². The SMILES string of the molecule is Cc1cc(Br)c(C)cc1Br.c1nc[nH]n1. The molecular formula is C10H11Br2N3. The van der Waals surface area contributed by atoms with Gasteiger partial charge in [-0.15, -0.1) is 0 Å². The highest BCUT2D eigenvalue weighted by atomic mass is 79.9. The number of aromatic amines is 1. The lowest BCUT2D eigenvalue weighted by Crippen LogP contribution is -1.79. The van der Waals surface area contributed by atoms with Crippen LogP contribution >= 0.6 is 31.9 Å². The van der Waals surface area contributed by atoms with Crippen molar-refractivity contribution in [3.05, 3.63) is 44.9 Å². The van der Waals surface area contributed by atoms with Crippen LogP contribution in [-0.2, 0) is 0 Å². The Labute approximate surface area is 106 Å². The van der Waals surface area contributed by atoms with Crippen LogP contribution in [0.3, 0.4) is 0 Å². The van der Waals surface area contributed by atoms with E-state index in [0.29, 0.717) is 0 Å². The molecule has 1 aromatic carbocycles. The molecule has 1 heterocycles. The van der Waals surface area contributed by atoms with Gasteiger partial charge in [-0.05, 0) is 37.1 Å². The molecule has 0 radical (unpaired) electrons. The van der Waals surface area contributed by atoms with Crippen molar-refractivity contribution >= 4 is 31.9 Å². The molecular weight excluding hydrogens is 322 g/mol. The zero-order valence-corrected chi connectivity index (χ0v) is 11.6. The highest BCUT2D eigenvalue weighted by Gasteiger charge is 1.97. The van der Waals surface area contributed by atoms with E-state index in [2.05, 4.69) is 73.0 Å². The summed E-state index contributed by atoms with van der Waals surface area (Å²) in [5, 5.41) is 5.99. The first-order chi connectivity index (χ1) is 7.11. The van der Waals surface area contributed by atoms with Crippen LogP contribution in [0.4, 0.5) is 0 Å². The van der Waals surface area contributed by atoms with Crippen LogP contribution < -0.4 is 0 Å². The van der Waals surface area contributed by atoms with Crippen LogP contribution in [0.2, 0.25) is 0 Å². The molecule has 15 heavy (non-hydrogen) atoms. The summed E-state index contributed by atoms with van der Waals surface area (Å²) < 4.78 is 2.35. The number of halogens is 2. The first-order valence-electron chi connectivity index (χ1n) is 4.32. The van der Waals surface area contributed by atoms with Gasteiger partial charge >= 0.3 is 0 Å². The lowest BCUT2D eigenvalue weighted by molar-refractivity contribution is 1.09. The quantitative estimate of drug-likeness (QED) is 0.800. The number of nitrogens with zero attached hydrogens (tertiary/aromatic N) is 2. The average molecular weight is 333 g/mol. The number of nitrogens with one attached hydrogen (secondary N) is 1. The number of H-pyrrole nitrogens is 1. The largest absolute Gasteiger partial charge is 0.266 e. The van der Waals surface area contributed by atoms with Crippen LogP contribution in [0, 0.1) is 13.8 Å². The van der Waals surface area contributed by atoms with E-state index in [9.17, 15) is 0 Å². The van der Waals surface area contributed by atoms with Crippen molar-refractivity contribution < 1.29 is 0 Å². The van der Waals surface area contributed by atoms with Crippen molar-refractivity contribution in [3.63, 3.8) is 0 Å². The summed E-state index contributed by atoms with van der Waals surface area (Å²) in [6, 6.07) is 4.22. The number of hydrogen-bond acceptors (Lipinski definition) is 2. The molecule has 0 aliphatic carbocycles. The summed E-state index contributed by atoms with van der Waals surface area (Å²) in [5.41, 5.74) is 2.52. The van der Waals surface area contributed by atoms with Gasteiger partial charge in [0.25, 0.3) is 0 Å². The van der Waals surface area contributed by atoms with E-state index in [1.54, 1.807) is 0 Å². The number of hydrogen-bond donors (Lipinski definition) is 1. The second-order valence-electron chi connectivity index (χ2n) is 3.00. The number of benzene rings is 1. The summed E-state index contributed by atoms with van der Waals surface area (Å²) in [4.78, 5) is 3.56. The highest BCUT2D eigenvalue weighted by molar-refractivity contribution is 9.11. The van der Waals surface area contributed by atoms with Gasteiger partial charge in [0.2, 0.25) is 0 Å². The van der Waals surface area contributed by atoms with E-state index in [4.69, 9.17) is 0 Å². The van der Waals surface area contributed by atoms with Gasteiger partial charge in [-0.1, -0.05) is 31.9 Å². The van der Waals surface area contributed by atoms with Crippen molar-refractivity contribution in [2.24, 2.45) is 0 Å². The third-order valence-corrected chi connectivity index (χ3v) is 3.48. The summed E-state index contributed by atoms with van der Waals surface area (Å²) in [6.07, 6.45) is 2.96. The second kappa shape index (κ2) is 6.02. The van der Waals surface area contributed by atoms with Crippen molar-refractivity contribution in [1.29, 1.82) is 0 Å². The molecule has 5 heteroatoms. The monoisotopic (exact) mass is 331 g/mol. The molecule has 3 nitrogen and oxygen atoms in total. The molecule has 0 unspecified atom stereocenters. The number of aryl methyl sites for hydroxylation is 2. The number of rotatable bonds is 0. The average Bonchev–Trinajstić information content (AvgIpc) is 2.73. The Hall–Kier alpha value is -0.680. The van der Waals surface area contributed by atoms with Crippen LogP contribution in [0.1, 0.15) is 11.1 Å². The minimum absolute atomic E-state index is 1.17. The fourth-order valence-electron chi connectivity index (χ4n) is 0.912. The highest BCUT2D eigenvalue weighted by Crippen LogP contribution is 2.24. The third-order valence-electron chi connectivity index (χ3n) is 1.77. The normalized spacial score (nSPS) is 9.33. The molecule has 0 atom stereocenters. The van der Waals surface area contributed by atoms with E-state index >= 15 is 0 Å². The van der Waals surface area contributed by atoms with E-state index < -0.39 is 0 Å². The van der Waals surface area contributed by atoms with Gasteiger partial charge in [0.15, 0.2) is 0 Å². The predicted molar refractivity (Wildman–Crippen MR) is 67.7 cm³/mol. The summed E-state index contributed by atoms with van der Waals surface area (Å²) in [7, 11) is 0. The minimum Gasteiger partial charge on any atom is -0.266 e. The molecule has 80 valence electrons. The topological polar surface area (TPSA) is 41.6 Å². The summed E-state index contributed by atoms with van der Waals surface area (Å²) in [5.74, 6) is 0. The summed E-state index contributed by atoms with van der Waals surface area (Å²) in [6.45, 7) is 4.16.